The van der Waals surface area contributed by atoms with Gasteiger partial charge in [-0.3, -0.25) is 9.59 Å². The summed E-state index contributed by atoms with van der Waals surface area (Å²) < 4.78 is 0. The molecular formula is C15H26N2O3. The van der Waals surface area contributed by atoms with Crippen LogP contribution in [-0.4, -0.2) is 36.1 Å². The monoisotopic (exact) mass is 282 g/mol. The first-order valence-electron chi connectivity index (χ1n) is 7.72. The normalized spacial score (nSPS) is 31.8. The van der Waals surface area contributed by atoms with Gasteiger partial charge in [-0.1, -0.05) is 13.8 Å². The van der Waals surface area contributed by atoms with Gasteiger partial charge in [-0.05, 0) is 43.4 Å². The standard InChI is InChI=1S/C15H26N2O3/c1-9(2)5-6-16-12(18)8-17-14-11-4-3-10(7-11)13(14)15(19)20/h9-11,13-14,17H,3-8H2,1-2H3,(H,16,18)(H,19,20). The lowest BCUT2D eigenvalue weighted by molar-refractivity contribution is -0.144. The SMILES string of the molecule is CC(C)CCNC(=O)CNC1C2CCC(C2)C1C(=O)O. The Labute approximate surface area is 120 Å². The third kappa shape index (κ3) is 3.51. The molecule has 2 aliphatic rings. The van der Waals surface area contributed by atoms with E-state index in [0.717, 1.165) is 25.7 Å². The fourth-order valence-corrected chi connectivity index (χ4v) is 3.71. The van der Waals surface area contributed by atoms with Crippen molar-refractivity contribution in [2.24, 2.45) is 23.7 Å². The molecule has 4 unspecified atom stereocenters. The molecule has 1 amide bonds. The van der Waals surface area contributed by atoms with E-state index in [1.54, 1.807) is 0 Å². The van der Waals surface area contributed by atoms with Crippen molar-refractivity contribution in [2.45, 2.75) is 45.6 Å². The molecule has 0 heterocycles. The Hall–Kier alpha value is -1.10. The number of hydrogen-bond acceptors (Lipinski definition) is 3. The average molecular weight is 282 g/mol. The van der Waals surface area contributed by atoms with E-state index in [1.165, 1.54) is 0 Å². The fraction of sp³-hybridized carbons (Fsp3) is 0.867. The smallest absolute Gasteiger partial charge is 0.308 e. The van der Waals surface area contributed by atoms with Crippen LogP contribution in [0, 0.1) is 23.7 Å². The summed E-state index contributed by atoms with van der Waals surface area (Å²) in [7, 11) is 0. The van der Waals surface area contributed by atoms with Gasteiger partial charge in [0.25, 0.3) is 0 Å². The summed E-state index contributed by atoms with van der Waals surface area (Å²) in [6.45, 7) is 5.17. The second-order valence-electron chi connectivity index (χ2n) is 6.64. The quantitative estimate of drug-likeness (QED) is 0.656. The molecule has 0 aromatic rings. The molecule has 5 nitrogen and oxygen atoms in total. The van der Waals surface area contributed by atoms with E-state index >= 15 is 0 Å². The molecule has 5 heteroatoms. The van der Waals surface area contributed by atoms with Gasteiger partial charge in [0, 0.05) is 12.6 Å². The van der Waals surface area contributed by atoms with Crippen molar-refractivity contribution in [1.29, 1.82) is 0 Å². The second kappa shape index (κ2) is 6.57. The summed E-state index contributed by atoms with van der Waals surface area (Å²) >= 11 is 0. The van der Waals surface area contributed by atoms with Crippen LogP contribution in [0.15, 0.2) is 0 Å². The van der Waals surface area contributed by atoms with Crippen LogP contribution in [0.4, 0.5) is 0 Å². The lowest BCUT2D eigenvalue weighted by Gasteiger charge is -2.28. The highest BCUT2D eigenvalue weighted by atomic mass is 16.4. The molecule has 0 saturated heterocycles. The summed E-state index contributed by atoms with van der Waals surface area (Å²) in [5.41, 5.74) is 0. The number of fused-ring (bicyclic) bond motifs is 2. The predicted octanol–water partition coefficient (Wildman–Crippen LogP) is 1.24. The molecule has 20 heavy (non-hydrogen) atoms. The minimum absolute atomic E-state index is 0.0258. The number of amides is 1. The number of carbonyl (C=O) groups excluding carboxylic acids is 1. The number of carbonyl (C=O) groups is 2. The van der Waals surface area contributed by atoms with Gasteiger partial charge in [0.15, 0.2) is 0 Å². The number of nitrogens with one attached hydrogen (secondary N) is 2. The maximum Gasteiger partial charge on any atom is 0.308 e. The van der Waals surface area contributed by atoms with Crippen molar-refractivity contribution in [3.8, 4) is 0 Å². The molecule has 0 aromatic heterocycles. The summed E-state index contributed by atoms with van der Waals surface area (Å²) in [4.78, 5) is 23.1. The Balaban J connectivity index is 1.75. The highest BCUT2D eigenvalue weighted by Gasteiger charge is 2.50. The lowest BCUT2D eigenvalue weighted by atomic mass is 9.84. The highest BCUT2D eigenvalue weighted by Crippen LogP contribution is 2.48. The number of hydrogen-bond donors (Lipinski definition) is 3. The van der Waals surface area contributed by atoms with Crippen molar-refractivity contribution in [1.82, 2.24) is 10.6 Å². The van der Waals surface area contributed by atoms with Crippen LogP contribution in [0.3, 0.4) is 0 Å². The minimum Gasteiger partial charge on any atom is -0.481 e. The van der Waals surface area contributed by atoms with Gasteiger partial charge in [0.1, 0.15) is 0 Å². The zero-order valence-corrected chi connectivity index (χ0v) is 12.4. The molecule has 0 aromatic carbocycles. The first-order valence-corrected chi connectivity index (χ1v) is 7.72. The van der Waals surface area contributed by atoms with E-state index in [-0.39, 0.29) is 24.4 Å². The highest BCUT2D eigenvalue weighted by molar-refractivity contribution is 5.78. The largest absolute Gasteiger partial charge is 0.481 e. The zero-order chi connectivity index (χ0) is 14.7. The molecule has 4 atom stereocenters. The third-order valence-electron chi connectivity index (χ3n) is 4.74. The number of carboxylic acids is 1. The van der Waals surface area contributed by atoms with E-state index in [4.69, 9.17) is 0 Å². The summed E-state index contributed by atoms with van der Waals surface area (Å²) in [6, 6.07) is -0.0258. The van der Waals surface area contributed by atoms with E-state index in [0.29, 0.717) is 24.3 Å². The van der Waals surface area contributed by atoms with Crippen LogP contribution >= 0.6 is 0 Å². The molecule has 114 valence electrons. The van der Waals surface area contributed by atoms with Crippen molar-refractivity contribution in [3.05, 3.63) is 0 Å². The van der Waals surface area contributed by atoms with Gasteiger partial charge >= 0.3 is 5.97 Å². The Morgan fingerprint density at radius 1 is 1.25 bits per heavy atom. The maximum absolute atomic E-state index is 11.7. The van der Waals surface area contributed by atoms with Crippen molar-refractivity contribution >= 4 is 11.9 Å². The molecule has 3 N–H and O–H groups in total. The van der Waals surface area contributed by atoms with Crippen molar-refractivity contribution in [2.75, 3.05) is 13.1 Å². The molecule has 0 aliphatic heterocycles. The third-order valence-corrected chi connectivity index (χ3v) is 4.74. The van der Waals surface area contributed by atoms with Crippen LogP contribution < -0.4 is 10.6 Å². The van der Waals surface area contributed by atoms with Crippen LogP contribution in [0.5, 0.6) is 0 Å². The van der Waals surface area contributed by atoms with Gasteiger partial charge in [0.2, 0.25) is 5.91 Å². The molecule has 2 saturated carbocycles. The van der Waals surface area contributed by atoms with E-state index in [2.05, 4.69) is 24.5 Å². The fourth-order valence-electron chi connectivity index (χ4n) is 3.71. The van der Waals surface area contributed by atoms with Gasteiger partial charge in [-0.15, -0.1) is 0 Å². The summed E-state index contributed by atoms with van der Waals surface area (Å²) in [5, 5.41) is 15.4. The van der Waals surface area contributed by atoms with Gasteiger partial charge in [0.05, 0.1) is 12.5 Å². The molecule has 2 bridgehead atoms. The average Bonchev–Trinajstić information content (AvgIpc) is 2.95. The van der Waals surface area contributed by atoms with E-state index < -0.39 is 5.97 Å². The van der Waals surface area contributed by atoms with Crippen molar-refractivity contribution < 1.29 is 14.7 Å². The van der Waals surface area contributed by atoms with Gasteiger partial charge in [-0.2, -0.15) is 0 Å². The first-order chi connectivity index (χ1) is 9.49. The van der Waals surface area contributed by atoms with Gasteiger partial charge < -0.3 is 15.7 Å². The second-order valence-corrected chi connectivity index (χ2v) is 6.64. The number of aliphatic carboxylic acids is 1. The summed E-state index contributed by atoms with van der Waals surface area (Å²) in [6.07, 6.45) is 4.10. The Morgan fingerprint density at radius 3 is 2.60 bits per heavy atom. The Kier molecular flexibility index (Phi) is 5.02. The molecule has 2 rings (SSSR count). The predicted molar refractivity (Wildman–Crippen MR) is 76.2 cm³/mol. The van der Waals surface area contributed by atoms with E-state index in [1.807, 2.05) is 0 Å². The van der Waals surface area contributed by atoms with Crippen LogP contribution in [0.2, 0.25) is 0 Å². The van der Waals surface area contributed by atoms with Crippen LogP contribution in [0.25, 0.3) is 0 Å². The Morgan fingerprint density at radius 2 is 1.95 bits per heavy atom. The molecule has 0 radical (unpaired) electrons. The molecule has 2 aliphatic carbocycles. The molecule has 0 spiro atoms. The summed E-state index contributed by atoms with van der Waals surface area (Å²) in [5.74, 6) is 0.262. The number of carboxylic acid groups (broad SMARTS) is 1. The number of rotatable bonds is 7. The van der Waals surface area contributed by atoms with Crippen molar-refractivity contribution in [3.63, 3.8) is 0 Å². The van der Waals surface area contributed by atoms with Crippen LogP contribution in [-0.2, 0) is 9.59 Å². The van der Waals surface area contributed by atoms with Crippen LogP contribution in [0.1, 0.15) is 39.5 Å². The van der Waals surface area contributed by atoms with E-state index in [9.17, 15) is 14.7 Å². The topological polar surface area (TPSA) is 78.4 Å². The minimum atomic E-state index is -0.713. The molecule has 2 fully saturated rings. The lowest BCUT2D eigenvalue weighted by Crippen LogP contribution is -2.47. The Bertz CT molecular complexity index is 370. The maximum atomic E-state index is 11.7. The van der Waals surface area contributed by atoms with Gasteiger partial charge in [-0.25, -0.2) is 0 Å². The zero-order valence-electron chi connectivity index (χ0n) is 12.4. The first kappa shape index (κ1) is 15.3. The molecular weight excluding hydrogens is 256 g/mol.